The minimum atomic E-state index is -3.73. The molecule has 0 heterocycles. The molecule has 0 bridgehead atoms. The van der Waals surface area contributed by atoms with E-state index in [1.807, 2.05) is 18.2 Å². The van der Waals surface area contributed by atoms with E-state index in [2.05, 4.69) is 17.4 Å². The number of hydrogen-bond donors (Lipinski definition) is 1. The summed E-state index contributed by atoms with van der Waals surface area (Å²) in [5.41, 5.74) is 1.45. The summed E-state index contributed by atoms with van der Waals surface area (Å²) in [6, 6.07) is 14.6. The smallest absolute Gasteiger partial charge is 0.251 e. The normalized spacial score (nSPS) is 16.3. The number of nitrogens with zero attached hydrogens (tertiary/aromatic N) is 1. The van der Waals surface area contributed by atoms with Gasteiger partial charge in [-0.25, -0.2) is 12.7 Å². The predicted molar refractivity (Wildman–Crippen MR) is 111 cm³/mol. The molecule has 2 aromatic carbocycles. The molecule has 0 radical (unpaired) electrons. The zero-order valence-electron chi connectivity index (χ0n) is 16.1. The number of halogens is 1. The molecule has 1 aliphatic rings. The summed E-state index contributed by atoms with van der Waals surface area (Å²) in [6.07, 6.45) is 4.32. The summed E-state index contributed by atoms with van der Waals surface area (Å²) < 4.78 is 26.0. The Kier molecular flexibility index (Phi) is 6.12. The first kappa shape index (κ1) is 20.8. The fourth-order valence-electron chi connectivity index (χ4n) is 3.80. The summed E-state index contributed by atoms with van der Waals surface area (Å²) in [7, 11) is -0.863. The molecule has 150 valence electrons. The number of rotatable bonds is 6. The van der Waals surface area contributed by atoms with E-state index in [9.17, 15) is 13.2 Å². The van der Waals surface area contributed by atoms with E-state index < -0.39 is 10.0 Å². The number of benzene rings is 2. The van der Waals surface area contributed by atoms with E-state index in [1.165, 1.54) is 31.8 Å². The number of carbonyl (C=O) groups excluding carboxylic acids is 1. The van der Waals surface area contributed by atoms with Gasteiger partial charge < -0.3 is 5.32 Å². The molecule has 0 saturated heterocycles. The van der Waals surface area contributed by atoms with E-state index in [4.69, 9.17) is 11.6 Å². The zero-order valence-corrected chi connectivity index (χ0v) is 17.7. The SMILES string of the molecule is CN(C)S(=O)(=O)c1cc(C(=O)NCC2(c3ccccc3)CCCC2)ccc1Cl. The lowest BCUT2D eigenvalue weighted by atomic mass is 9.79. The molecule has 28 heavy (non-hydrogen) atoms. The van der Waals surface area contributed by atoms with Crippen LogP contribution in [0, 0.1) is 0 Å². The number of nitrogens with one attached hydrogen (secondary N) is 1. The number of sulfonamides is 1. The van der Waals surface area contributed by atoms with Crippen LogP contribution in [0.5, 0.6) is 0 Å². The summed E-state index contributed by atoms with van der Waals surface area (Å²) in [4.78, 5) is 12.7. The van der Waals surface area contributed by atoms with Gasteiger partial charge in [-0.2, -0.15) is 0 Å². The maximum Gasteiger partial charge on any atom is 0.251 e. The third-order valence-corrected chi connectivity index (χ3v) is 7.78. The lowest BCUT2D eigenvalue weighted by molar-refractivity contribution is 0.0943. The van der Waals surface area contributed by atoms with Crippen LogP contribution < -0.4 is 5.32 Å². The summed E-state index contributed by atoms with van der Waals surface area (Å²) in [6.45, 7) is 0.522. The second kappa shape index (κ2) is 8.23. The van der Waals surface area contributed by atoms with E-state index in [0.717, 1.165) is 30.0 Å². The second-order valence-electron chi connectivity index (χ2n) is 7.47. The van der Waals surface area contributed by atoms with E-state index >= 15 is 0 Å². The fourth-order valence-corrected chi connectivity index (χ4v) is 5.20. The highest BCUT2D eigenvalue weighted by molar-refractivity contribution is 7.89. The highest BCUT2D eigenvalue weighted by Crippen LogP contribution is 2.40. The van der Waals surface area contributed by atoms with Gasteiger partial charge in [-0.3, -0.25) is 4.79 Å². The molecule has 0 spiro atoms. The highest BCUT2D eigenvalue weighted by atomic mass is 35.5. The zero-order chi connectivity index (χ0) is 20.4. The Balaban J connectivity index is 1.82. The summed E-state index contributed by atoms with van der Waals surface area (Å²) >= 11 is 6.07. The lowest BCUT2D eigenvalue weighted by Crippen LogP contribution is -2.39. The molecule has 1 saturated carbocycles. The monoisotopic (exact) mass is 420 g/mol. The van der Waals surface area contributed by atoms with Crippen molar-refractivity contribution in [1.29, 1.82) is 0 Å². The molecular weight excluding hydrogens is 396 g/mol. The van der Waals surface area contributed by atoms with Crippen LogP contribution in [0.2, 0.25) is 5.02 Å². The van der Waals surface area contributed by atoms with E-state index in [-0.39, 0.29) is 26.8 Å². The van der Waals surface area contributed by atoms with Crippen molar-refractivity contribution < 1.29 is 13.2 Å². The van der Waals surface area contributed by atoms with Gasteiger partial charge in [0, 0.05) is 31.6 Å². The van der Waals surface area contributed by atoms with Crippen molar-refractivity contribution in [1.82, 2.24) is 9.62 Å². The van der Waals surface area contributed by atoms with Gasteiger partial charge in [0.15, 0.2) is 0 Å². The number of amides is 1. The first-order chi connectivity index (χ1) is 13.3. The van der Waals surface area contributed by atoms with Gasteiger partial charge in [0.05, 0.1) is 5.02 Å². The van der Waals surface area contributed by atoms with Gasteiger partial charge in [-0.1, -0.05) is 54.8 Å². The van der Waals surface area contributed by atoms with Crippen molar-refractivity contribution in [2.24, 2.45) is 0 Å². The van der Waals surface area contributed by atoms with Gasteiger partial charge in [0.1, 0.15) is 4.90 Å². The van der Waals surface area contributed by atoms with E-state index in [1.54, 1.807) is 6.07 Å². The molecule has 1 N–H and O–H groups in total. The Hall–Kier alpha value is -1.89. The average molecular weight is 421 g/mol. The van der Waals surface area contributed by atoms with Crippen LogP contribution in [-0.4, -0.2) is 39.3 Å². The van der Waals surface area contributed by atoms with Gasteiger partial charge in [-0.15, -0.1) is 0 Å². The molecule has 5 nitrogen and oxygen atoms in total. The highest BCUT2D eigenvalue weighted by Gasteiger charge is 2.36. The van der Waals surface area contributed by atoms with Gasteiger partial charge in [-0.05, 0) is 36.6 Å². The van der Waals surface area contributed by atoms with Crippen LogP contribution in [0.4, 0.5) is 0 Å². The standard InChI is InChI=1S/C21H25ClN2O3S/c1-24(2)28(26,27)19-14-16(10-11-18(19)22)20(25)23-15-21(12-6-7-13-21)17-8-4-3-5-9-17/h3-5,8-11,14H,6-7,12-13,15H2,1-2H3,(H,23,25). The maximum atomic E-state index is 12.8. The van der Waals surface area contributed by atoms with Crippen molar-refractivity contribution in [2.75, 3.05) is 20.6 Å². The molecule has 1 aliphatic carbocycles. The van der Waals surface area contributed by atoms with Crippen LogP contribution in [0.1, 0.15) is 41.6 Å². The lowest BCUT2D eigenvalue weighted by Gasteiger charge is -2.30. The largest absolute Gasteiger partial charge is 0.351 e. The quantitative estimate of drug-likeness (QED) is 0.772. The van der Waals surface area contributed by atoms with Crippen molar-refractivity contribution in [3.8, 4) is 0 Å². The van der Waals surface area contributed by atoms with Crippen molar-refractivity contribution in [3.05, 3.63) is 64.7 Å². The molecule has 7 heteroatoms. The molecule has 0 aromatic heterocycles. The van der Waals surface area contributed by atoms with Gasteiger partial charge in [0.25, 0.3) is 5.91 Å². The Morgan fingerprint density at radius 3 is 2.36 bits per heavy atom. The Bertz CT molecular complexity index is 953. The molecule has 1 amide bonds. The molecule has 0 atom stereocenters. The van der Waals surface area contributed by atoms with Crippen molar-refractivity contribution in [2.45, 2.75) is 36.0 Å². The average Bonchev–Trinajstić information content (AvgIpc) is 3.17. The number of hydrogen-bond acceptors (Lipinski definition) is 3. The first-order valence-corrected chi connectivity index (χ1v) is 11.1. The third kappa shape index (κ3) is 4.09. The van der Waals surface area contributed by atoms with Crippen LogP contribution in [0.15, 0.2) is 53.4 Å². The molecular formula is C21H25ClN2O3S. The minimum Gasteiger partial charge on any atom is -0.351 e. The Labute approximate surface area is 171 Å². The van der Waals surface area contributed by atoms with Gasteiger partial charge >= 0.3 is 0 Å². The van der Waals surface area contributed by atoms with Crippen molar-refractivity contribution in [3.63, 3.8) is 0 Å². The number of carbonyl (C=O) groups is 1. The molecule has 0 aliphatic heterocycles. The van der Waals surface area contributed by atoms with Crippen LogP contribution >= 0.6 is 11.6 Å². The molecule has 3 rings (SSSR count). The molecule has 2 aromatic rings. The third-order valence-electron chi connectivity index (χ3n) is 5.49. The predicted octanol–water partition coefficient (Wildman–Crippen LogP) is 3.83. The second-order valence-corrected chi connectivity index (χ2v) is 10.00. The Morgan fingerprint density at radius 1 is 1.11 bits per heavy atom. The van der Waals surface area contributed by atoms with Crippen LogP contribution in [-0.2, 0) is 15.4 Å². The van der Waals surface area contributed by atoms with Crippen LogP contribution in [0.25, 0.3) is 0 Å². The van der Waals surface area contributed by atoms with Crippen LogP contribution in [0.3, 0.4) is 0 Å². The topological polar surface area (TPSA) is 66.5 Å². The fraction of sp³-hybridized carbons (Fsp3) is 0.381. The van der Waals surface area contributed by atoms with Gasteiger partial charge in [0.2, 0.25) is 10.0 Å². The van der Waals surface area contributed by atoms with Crippen molar-refractivity contribution >= 4 is 27.5 Å². The maximum absolute atomic E-state index is 12.8. The first-order valence-electron chi connectivity index (χ1n) is 9.32. The van der Waals surface area contributed by atoms with E-state index in [0.29, 0.717) is 6.54 Å². The minimum absolute atomic E-state index is 0.0644. The summed E-state index contributed by atoms with van der Waals surface area (Å²) in [5, 5.41) is 3.12. The molecule has 1 fully saturated rings. The molecule has 0 unspecified atom stereocenters. The summed E-state index contributed by atoms with van der Waals surface area (Å²) in [5.74, 6) is -0.297. The Morgan fingerprint density at radius 2 is 1.75 bits per heavy atom.